The Kier molecular flexibility index (Phi) is 5.75. The summed E-state index contributed by atoms with van der Waals surface area (Å²) in [4.78, 5) is 4.90. The first kappa shape index (κ1) is 16.6. The van der Waals surface area contributed by atoms with Gasteiger partial charge in [0.1, 0.15) is 5.82 Å². The number of rotatable bonds is 7. The number of aryl methyl sites for hydroxylation is 1. The minimum atomic E-state index is 0.326. The van der Waals surface area contributed by atoms with E-state index in [1.54, 1.807) is 0 Å². The van der Waals surface area contributed by atoms with Crippen molar-refractivity contribution < 1.29 is 0 Å². The van der Waals surface area contributed by atoms with E-state index in [2.05, 4.69) is 23.0 Å². The SMILES string of the molecule is CSCCc1nc([C@@H](C)Cn2cccn2)n(C2CCCCC2)n1. The predicted molar refractivity (Wildman–Crippen MR) is 94.9 cm³/mol. The van der Waals surface area contributed by atoms with Crippen molar-refractivity contribution in [1.29, 1.82) is 0 Å². The molecule has 0 bridgehead atoms. The minimum Gasteiger partial charge on any atom is -0.272 e. The van der Waals surface area contributed by atoms with Crippen LogP contribution in [-0.2, 0) is 13.0 Å². The van der Waals surface area contributed by atoms with Crippen LogP contribution in [0.3, 0.4) is 0 Å². The average molecular weight is 334 g/mol. The zero-order chi connectivity index (χ0) is 16.1. The van der Waals surface area contributed by atoms with Gasteiger partial charge in [-0.05, 0) is 25.2 Å². The van der Waals surface area contributed by atoms with Gasteiger partial charge in [-0.15, -0.1) is 0 Å². The standard InChI is InChI=1S/C17H27N5S/c1-14(13-21-11-6-10-18-21)17-19-16(9-12-23-2)20-22(17)15-7-4-3-5-8-15/h6,10-11,14-15H,3-5,7-9,12-13H2,1-2H3/t14-/m0/s1. The molecule has 1 fully saturated rings. The Bertz CT molecular complexity index is 586. The number of thioether (sulfide) groups is 1. The number of nitrogens with zero attached hydrogens (tertiary/aromatic N) is 5. The second kappa shape index (κ2) is 7.99. The summed E-state index contributed by atoms with van der Waals surface area (Å²) in [7, 11) is 0. The Morgan fingerprint density at radius 2 is 2.13 bits per heavy atom. The van der Waals surface area contributed by atoms with E-state index in [1.165, 1.54) is 32.1 Å². The quantitative estimate of drug-likeness (QED) is 0.775. The maximum atomic E-state index is 4.90. The van der Waals surface area contributed by atoms with Crippen LogP contribution < -0.4 is 0 Å². The summed E-state index contributed by atoms with van der Waals surface area (Å²) in [6, 6.07) is 2.51. The zero-order valence-corrected chi connectivity index (χ0v) is 15.0. The Morgan fingerprint density at radius 3 is 2.83 bits per heavy atom. The van der Waals surface area contributed by atoms with Gasteiger partial charge in [0.25, 0.3) is 0 Å². The molecule has 2 heterocycles. The van der Waals surface area contributed by atoms with Crippen molar-refractivity contribution in [3.63, 3.8) is 0 Å². The van der Waals surface area contributed by atoms with E-state index in [1.807, 2.05) is 34.9 Å². The van der Waals surface area contributed by atoms with E-state index in [9.17, 15) is 0 Å². The summed E-state index contributed by atoms with van der Waals surface area (Å²) in [6.07, 6.45) is 13.4. The second-order valence-electron chi connectivity index (χ2n) is 6.49. The monoisotopic (exact) mass is 333 g/mol. The molecule has 2 aromatic heterocycles. The molecule has 6 heteroatoms. The molecule has 126 valence electrons. The molecule has 23 heavy (non-hydrogen) atoms. The lowest BCUT2D eigenvalue weighted by Gasteiger charge is -2.24. The van der Waals surface area contributed by atoms with Crippen molar-refractivity contribution in [2.45, 2.75) is 64.0 Å². The summed E-state index contributed by atoms with van der Waals surface area (Å²) in [6.45, 7) is 3.10. The molecule has 1 aliphatic carbocycles. The van der Waals surface area contributed by atoms with Gasteiger partial charge in [0.05, 0.1) is 12.6 Å². The normalized spacial score (nSPS) is 17.5. The molecule has 2 aromatic rings. The lowest BCUT2D eigenvalue weighted by atomic mass is 9.95. The maximum Gasteiger partial charge on any atom is 0.151 e. The van der Waals surface area contributed by atoms with Gasteiger partial charge >= 0.3 is 0 Å². The van der Waals surface area contributed by atoms with Gasteiger partial charge in [-0.1, -0.05) is 26.2 Å². The molecule has 0 N–H and O–H groups in total. The first-order valence-electron chi connectivity index (χ1n) is 8.69. The topological polar surface area (TPSA) is 48.5 Å². The van der Waals surface area contributed by atoms with Crippen molar-refractivity contribution in [2.75, 3.05) is 12.0 Å². The van der Waals surface area contributed by atoms with Crippen molar-refractivity contribution in [2.24, 2.45) is 0 Å². The van der Waals surface area contributed by atoms with E-state index < -0.39 is 0 Å². The first-order chi connectivity index (χ1) is 11.3. The van der Waals surface area contributed by atoms with Crippen LogP contribution in [0.5, 0.6) is 0 Å². The summed E-state index contributed by atoms with van der Waals surface area (Å²) in [5.74, 6) is 3.56. The van der Waals surface area contributed by atoms with Gasteiger partial charge in [0.15, 0.2) is 5.82 Å². The third-order valence-corrected chi connectivity index (χ3v) is 5.23. The molecule has 0 unspecified atom stereocenters. The van der Waals surface area contributed by atoms with Gasteiger partial charge < -0.3 is 0 Å². The fraction of sp³-hybridized carbons (Fsp3) is 0.706. The molecule has 0 spiro atoms. The molecule has 0 amide bonds. The van der Waals surface area contributed by atoms with Crippen molar-refractivity contribution in [3.8, 4) is 0 Å². The van der Waals surface area contributed by atoms with Gasteiger partial charge in [-0.2, -0.15) is 22.0 Å². The zero-order valence-electron chi connectivity index (χ0n) is 14.2. The molecule has 3 rings (SSSR count). The van der Waals surface area contributed by atoms with Crippen molar-refractivity contribution in [3.05, 3.63) is 30.1 Å². The molecule has 0 aromatic carbocycles. The Morgan fingerprint density at radius 1 is 1.30 bits per heavy atom. The number of hydrogen-bond donors (Lipinski definition) is 0. The molecule has 0 aliphatic heterocycles. The average Bonchev–Trinajstić information content (AvgIpc) is 3.23. The number of aromatic nitrogens is 5. The highest BCUT2D eigenvalue weighted by molar-refractivity contribution is 7.98. The minimum absolute atomic E-state index is 0.326. The first-order valence-corrected chi connectivity index (χ1v) is 10.1. The molecule has 0 saturated heterocycles. The van der Waals surface area contributed by atoms with E-state index in [0.29, 0.717) is 12.0 Å². The van der Waals surface area contributed by atoms with Crippen LogP contribution >= 0.6 is 11.8 Å². The summed E-state index contributed by atoms with van der Waals surface area (Å²) < 4.78 is 4.25. The summed E-state index contributed by atoms with van der Waals surface area (Å²) in [5, 5.41) is 9.22. The highest BCUT2D eigenvalue weighted by atomic mass is 32.2. The Labute approximate surface area is 142 Å². The Balaban J connectivity index is 1.81. The Hall–Kier alpha value is -1.30. The lowest BCUT2D eigenvalue weighted by molar-refractivity contribution is 0.312. The van der Waals surface area contributed by atoms with Crippen LogP contribution in [0.15, 0.2) is 18.5 Å². The van der Waals surface area contributed by atoms with Gasteiger partial charge in [-0.3, -0.25) is 4.68 Å². The highest BCUT2D eigenvalue weighted by Crippen LogP contribution is 2.30. The second-order valence-corrected chi connectivity index (χ2v) is 7.48. The molecular weight excluding hydrogens is 306 g/mol. The predicted octanol–water partition coefficient (Wildman–Crippen LogP) is 3.69. The number of hydrogen-bond acceptors (Lipinski definition) is 4. The van der Waals surface area contributed by atoms with Crippen LogP contribution in [0.2, 0.25) is 0 Å². The summed E-state index contributed by atoms with van der Waals surface area (Å²) in [5.41, 5.74) is 0. The fourth-order valence-corrected chi connectivity index (χ4v) is 3.77. The molecule has 1 atom stereocenters. The van der Waals surface area contributed by atoms with Crippen LogP contribution in [0, 0.1) is 0 Å². The molecular formula is C17H27N5S. The molecule has 0 radical (unpaired) electrons. The van der Waals surface area contributed by atoms with Crippen LogP contribution in [-0.4, -0.2) is 36.6 Å². The van der Waals surface area contributed by atoms with E-state index in [4.69, 9.17) is 10.1 Å². The summed E-state index contributed by atoms with van der Waals surface area (Å²) >= 11 is 1.86. The van der Waals surface area contributed by atoms with Crippen molar-refractivity contribution >= 4 is 11.8 Å². The van der Waals surface area contributed by atoms with Gasteiger partial charge in [0.2, 0.25) is 0 Å². The fourth-order valence-electron chi connectivity index (χ4n) is 3.38. The van der Waals surface area contributed by atoms with Gasteiger partial charge in [-0.25, -0.2) is 9.67 Å². The third kappa shape index (κ3) is 4.16. The highest BCUT2D eigenvalue weighted by Gasteiger charge is 2.24. The third-order valence-electron chi connectivity index (χ3n) is 4.61. The molecule has 1 saturated carbocycles. The van der Waals surface area contributed by atoms with Crippen molar-refractivity contribution in [1.82, 2.24) is 24.5 Å². The molecule has 1 aliphatic rings. The molecule has 5 nitrogen and oxygen atoms in total. The van der Waals surface area contributed by atoms with Crippen LogP contribution in [0.1, 0.15) is 62.6 Å². The lowest BCUT2D eigenvalue weighted by Crippen LogP contribution is -2.20. The largest absolute Gasteiger partial charge is 0.272 e. The van der Waals surface area contributed by atoms with E-state index in [-0.39, 0.29) is 0 Å². The maximum absolute atomic E-state index is 4.90. The smallest absolute Gasteiger partial charge is 0.151 e. The van der Waals surface area contributed by atoms with Crippen LogP contribution in [0.4, 0.5) is 0 Å². The van der Waals surface area contributed by atoms with Gasteiger partial charge in [0, 0.05) is 30.5 Å². The van der Waals surface area contributed by atoms with E-state index in [0.717, 1.165) is 30.4 Å². The van der Waals surface area contributed by atoms with E-state index >= 15 is 0 Å². The van der Waals surface area contributed by atoms with Crippen LogP contribution in [0.25, 0.3) is 0 Å².